The molecule has 2 saturated carbocycles. The third-order valence-electron chi connectivity index (χ3n) is 9.56. The molecule has 5 rings (SSSR count). The molecule has 3 N–H and O–H groups in total. The zero-order valence-electron chi connectivity index (χ0n) is 31.1. The Balaban J connectivity index is 1.40. The summed E-state index contributed by atoms with van der Waals surface area (Å²) in [4.78, 5) is 52.7. The van der Waals surface area contributed by atoms with E-state index in [1.54, 1.807) is 26.2 Å². The van der Waals surface area contributed by atoms with E-state index in [2.05, 4.69) is 28.5 Å². The number of hydrogen-bond acceptors (Lipinski definition) is 11. The van der Waals surface area contributed by atoms with Crippen LogP contribution < -0.4 is 24.8 Å². The fourth-order valence-electron chi connectivity index (χ4n) is 6.89. The Morgan fingerprint density at radius 1 is 1.04 bits per heavy atom. The topological polar surface area (TPSA) is 178 Å². The molecule has 0 spiro atoms. The molecule has 2 heterocycles. The summed E-state index contributed by atoms with van der Waals surface area (Å²) in [6, 6.07) is 2.94. The van der Waals surface area contributed by atoms with Gasteiger partial charge in [-0.25, -0.2) is 18.4 Å². The van der Waals surface area contributed by atoms with Gasteiger partial charge in [-0.3, -0.25) is 19.1 Å². The molecule has 1 aromatic carbocycles. The van der Waals surface area contributed by atoms with Crippen molar-refractivity contribution in [3.8, 4) is 11.6 Å². The second-order valence-electron chi connectivity index (χ2n) is 15.2. The van der Waals surface area contributed by atoms with Crippen LogP contribution in [0.1, 0.15) is 85.3 Å². The largest absolute Gasteiger partial charge is 0.497 e. The Bertz CT molecular complexity index is 1820. The number of rotatable bonds is 14. The number of carbonyl (C=O) groups is 3. The number of hydrogen-bond donors (Lipinski definition) is 3. The first kappa shape index (κ1) is 38.8. The first-order valence-electron chi connectivity index (χ1n) is 17.9. The first-order chi connectivity index (χ1) is 24.4. The first-order valence-corrected chi connectivity index (χ1v) is 19.4. The summed E-state index contributed by atoms with van der Waals surface area (Å²) in [5.74, 6) is -1.64. The van der Waals surface area contributed by atoms with E-state index in [9.17, 15) is 22.8 Å². The van der Waals surface area contributed by atoms with Crippen molar-refractivity contribution >= 4 is 38.8 Å². The molecular formula is C37H52N6O8S. The SMILES string of the molecule is C=C[C@@H]1CCC(NC(=O)[C@@H]2C[C@@H](Oc3nc4cc(OC)ccc4nc3C(C)C)CN2C(=O)[C@H](C)NC(=C)OC(C)(C)C)C1C(=O)NS(=O)(=O)C1CC1. The van der Waals surface area contributed by atoms with E-state index in [0.29, 0.717) is 54.0 Å². The smallest absolute Gasteiger partial charge is 0.245 e. The summed E-state index contributed by atoms with van der Waals surface area (Å²) in [7, 11) is -2.23. The monoisotopic (exact) mass is 740 g/mol. The lowest BCUT2D eigenvalue weighted by molar-refractivity contribution is -0.140. The van der Waals surface area contributed by atoms with Gasteiger partial charge in [-0.15, -0.1) is 6.58 Å². The maximum absolute atomic E-state index is 14.2. The number of likely N-dealkylation sites (tertiary alicyclic amines) is 1. The number of sulfonamides is 1. The molecule has 14 nitrogen and oxygen atoms in total. The van der Waals surface area contributed by atoms with Crippen molar-refractivity contribution in [2.24, 2.45) is 11.8 Å². The lowest BCUT2D eigenvalue weighted by Crippen LogP contribution is -2.55. The summed E-state index contributed by atoms with van der Waals surface area (Å²) in [5, 5.41) is 5.42. The van der Waals surface area contributed by atoms with Crippen molar-refractivity contribution in [2.45, 2.75) is 115 Å². The fourth-order valence-corrected chi connectivity index (χ4v) is 8.23. The molecule has 0 radical (unpaired) electrons. The second-order valence-corrected chi connectivity index (χ2v) is 17.2. The Morgan fingerprint density at radius 3 is 2.37 bits per heavy atom. The molecule has 3 aliphatic rings. The van der Waals surface area contributed by atoms with Gasteiger partial charge >= 0.3 is 0 Å². The standard InChI is InChI=1S/C37H52N6O8S/c1-10-23-11-15-28(31(23)34(45)42-52(47,48)26-13-14-26)40-33(44)30-18-25(19-43(30)36(46)21(4)38-22(5)51-37(6,7)8)50-35-32(20(2)3)39-27-16-12-24(49-9)17-29(27)41-35/h10,12,16-17,20-21,23,25-26,28,30-31,38H,1,5,11,13-15,18-19H2,2-4,6-9H3,(H,40,44)(H,42,45)/t21-,23+,25+,28?,30-,31?/m0/s1. The predicted octanol–water partition coefficient (Wildman–Crippen LogP) is 3.68. The highest BCUT2D eigenvalue weighted by Crippen LogP contribution is 2.36. The van der Waals surface area contributed by atoms with Gasteiger partial charge in [-0.05, 0) is 78.0 Å². The zero-order valence-corrected chi connectivity index (χ0v) is 31.9. The minimum absolute atomic E-state index is 0.0442. The van der Waals surface area contributed by atoms with Gasteiger partial charge in [-0.2, -0.15) is 0 Å². The minimum atomic E-state index is -3.80. The van der Waals surface area contributed by atoms with Crippen LogP contribution in [-0.4, -0.2) is 89.7 Å². The van der Waals surface area contributed by atoms with E-state index in [-0.39, 0.29) is 36.6 Å². The molecule has 3 amide bonds. The van der Waals surface area contributed by atoms with E-state index < -0.39 is 62.8 Å². The molecule has 15 heteroatoms. The van der Waals surface area contributed by atoms with E-state index in [1.165, 1.54) is 4.90 Å². The molecule has 1 aromatic heterocycles. The molecule has 2 unspecified atom stereocenters. The number of aromatic nitrogens is 2. The van der Waals surface area contributed by atoms with Crippen molar-refractivity contribution in [1.82, 2.24) is 30.2 Å². The summed E-state index contributed by atoms with van der Waals surface area (Å²) in [6.07, 6.45) is 3.10. The van der Waals surface area contributed by atoms with Gasteiger partial charge in [0.1, 0.15) is 35.2 Å². The fraction of sp³-hybridized carbons (Fsp3) is 0.595. The average Bonchev–Trinajstić information content (AvgIpc) is 3.73. The minimum Gasteiger partial charge on any atom is -0.497 e. The number of fused-ring (bicyclic) bond motifs is 1. The highest BCUT2D eigenvalue weighted by molar-refractivity contribution is 7.90. The number of allylic oxidation sites excluding steroid dienone is 1. The third kappa shape index (κ3) is 8.96. The normalized spacial score (nSPS) is 23.9. The van der Waals surface area contributed by atoms with Crippen molar-refractivity contribution in [3.63, 3.8) is 0 Å². The summed E-state index contributed by atoms with van der Waals surface area (Å²) in [6.45, 7) is 19.0. The summed E-state index contributed by atoms with van der Waals surface area (Å²) < 4.78 is 45.2. The molecular weight excluding hydrogens is 689 g/mol. The van der Waals surface area contributed by atoms with Gasteiger partial charge < -0.3 is 29.7 Å². The maximum Gasteiger partial charge on any atom is 0.245 e. The number of nitrogens with one attached hydrogen (secondary N) is 3. The molecule has 0 bridgehead atoms. The van der Waals surface area contributed by atoms with Crippen molar-refractivity contribution in [3.05, 3.63) is 49.0 Å². The summed E-state index contributed by atoms with van der Waals surface area (Å²) >= 11 is 0. The van der Waals surface area contributed by atoms with E-state index in [1.807, 2.05) is 46.8 Å². The summed E-state index contributed by atoms with van der Waals surface area (Å²) in [5.41, 5.74) is 1.32. The highest BCUT2D eigenvalue weighted by Gasteiger charge is 2.47. The highest BCUT2D eigenvalue weighted by atomic mass is 32.2. The Hall–Kier alpha value is -4.40. The molecule has 52 heavy (non-hydrogen) atoms. The zero-order chi connectivity index (χ0) is 38.1. The quantitative estimate of drug-likeness (QED) is 0.190. The number of ether oxygens (including phenoxy) is 3. The van der Waals surface area contributed by atoms with Crippen LogP contribution >= 0.6 is 0 Å². The van der Waals surface area contributed by atoms with Gasteiger partial charge in [0.05, 0.1) is 35.9 Å². The van der Waals surface area contributed by atoms with Crippen LogP contribution in [-0.2, 0) is 29.1 Å². The predicted molar refractivity (Wildman–Crippen MR) is 196 cm³/mol. The van der Waals surface area contributed by atoms with E-state index >= 15 is 0 Å². The van der Waals surface area contributed by atoms with E-state index in [0.717, 1.165) is 0 Å². The van der Waals surface area contributed by atoms with Gasteiger partial charge in [0.25, 0.3) is 0 Å². The van der Waals surface area contributed by atoms with Crippen LogP contribution in [0.25, 0.3) is 11.0 Å². The lowest BCUT2D eigenvalue weighted by Gasteiger charge is -2.30. The number of carbonyl (C=O) groups excluding carboxylic acids is 3. The van der Waals surface area contributed by atoms with Gasteiger partial charge in [0.2, 0.25) is 33.6 Å². The molecule has 3 fully saturated rings. The number of nitrogens with zero attached hydrogens (tertiary/aromatic N) is 3. The van der Waals surface area contributed by atoms with Crippen molar-refractivity contribution < 1.29 is 37.0 Å². The third-order valence-corrected chi connectivity index (χ3v) is 11.4. The van der Waals surface area contributed by atoms with Gasteiger partial charge in [0, 0.05) is 24.4 Å². The van der Waals surface area contributed by atoms with Crippen LogP contribution in [0.5, 0.6) is 11.6 Å². The second kappa shape index (κ2) is 15.3. The van der Waals surface area contributed by atoms with Gasteiger partial charge in [-0.1, -0.05) is 19.9 Å². The Morgan fingerprint density at radius 2 is 1.75 bits per heavy atom. The Kier molecular flexibility index (Phi) is 11.4. The molecule has 2 aromatic rings. The van der Waals surface area contributed by atoms with Crippen LogP contribution in [0.15, 0.2) is 43.3 Å². The van der Waals surface area contributed by atoms with Crippen LogP contribution in [0.2, 0.25) is 0 Å². The number of benzene rings is 1. The van der Waals surface area contributed by atoms with Crippen LogP contribution in [0, 0.1) is 11.8 Å². The molecule has 284 valence electrons. The van der Waals surface area contributed by atoms with E-state index in [4.69, 9.17) is 24.2 Å². The molecule has 2 aliphatic carbocycles. The number of methoxy groups -OCH3 is 1. The maximum atomic E-state index is 14.2. The molecule has 1 aliphatic heterocycles. The molecule has 6 atom stereocenters. The Labute approximate surface area is 306 Å². The van der Waals surface area contributed by atoms with Crippen molar-refractivity contribution in [1.29, 1.82) is 0 Å². The van der Waals surface area contributed by atoms with Crippen LogP contribution in [0.3, 0.4) is 0 Å². The van der Waals surface area contributed by atoms with Gasteiger partial charge in [0.15, 0.2) is 5.88 Å². The molecule has 1 saturated heterocycles. The average molecular weight is 741 g/mol. The lowest BCUT2D eigenvalue weighted by atomic mass is 9.93. The number of amides is 3. The van der Waals surface area contributed by atoms with Crippen LogP contribution in [0.4, 0.5) is 0 Å². The van der Waals surface area contributed by atoms with Crippen molar-refractivity contribution in [2.75, 3.05) is 13.7 Å².